The number of aliphatic imine (C=N–C) groups is 2. The fourth-order valence-electron chi connectivity index (χ4n) is 2.71. The molecule has 0 spiro atoms. The van der Waals surface area contributed by atoms with Gasteiger partial charge in [-0.05, 0) is 99.3 Å². The molecule has 6 nitrogen and oxygen atoms in total. The van der Waals surface area contributed by atoms with Crippen molar-refractivity contribution in [1.29, 1.82) is 0 Å². The van der Waals surface area contributed by atoms with Crippen LogP contribution < -0.4 is 10.2 Å². The summed E-state index contributed by atoms with van der Waals surface area (Å²) in [5.74, 6) is -0.190. The maximum atomic E-state index is 11.7. The third-order valence-electron chi connectivity index (χ3n) is 4.41. The fraction of sp³-hybridized carbons (Fsp3) is 0.417. The predicted octanol–water partition coefficient (Wildman–Crippen LogP) is 3.41. The molecule has 2 aromatic carbocycles. The summed E-state index contributed by atoms with van der Waals surface area (Å²) >= 11 is 16.6. The Labute approximate surface area is 242 Å². The summed E-state index contributed by atoms with van der Waals surface area (Å²) in [6, 6.07) is 6.69. The van der Waals surface area contributed by atoms with Crippen LogP contribution in [0.25, 0.3) is 0 Å². The molecule has 0 fully saturated rings. The van der Waals surface area contributed by atoms with Gasteiger partial charge in [0, 0.05) is 35.3 Å². The van der Waals surface area contributed by atoms with Gasteiger partial charge in [-0.15, -0.1) is 50.5 Å². The molecule has 0 aliphatic rings. The Kier molecular flexibility index (Phi) is 18.0. The molecule has 0 aromatic heterocycles. The van der Waals surface area contributed by atoms with Gasteiger partial charge >= 0.3 is 16.8 Å². The van der Waals surface area contributed by atoms with Crippen molar-refractivity contribution in [3.63, 3.8) is 0 Å². The number of thiol groups is 4. The average Bonchev–Trinajstić information content (AvgIpc) is 2.74. The normalized spacial score (nSPS) is 11.3. The number of rotatable bonds is 10. The van der Waals surface area contributed by atoms with E-state index in [0.717, 1.165) is 48.8 Å². The van der Waals surface area contributed by atoms with Crippen molar-refractivity contribution in [2.24, 2.45) is 9.98 Å². The van der Waals surface area contributed by atoms with E-state index in [9.17, 15) is 10.2 Å². The molecular formula is C24H34CoN4O2S4. The van der Waals surface area contributed by atoms with Crippen LogP contribution in [0.3, 0.4) is 0 Å². The second kappa shape index (κ2) is 18.5. The van der Waals surface area contributed by atoms with Gasteiger partial charge in [0.05, 0.1) is 0 Å². The van der Waals surface area contributed by atoms with E-state index in [1.54, 1.807) is 36.7 Å². The van der Waals surface area contributed by atoms with E-state index in [1.807, 2.05) is 28.2 Å². The SMILES string of the molecule is CN(C)CCCN=Cc1cc(S)cc(S)c1[O-].CN(C)CCCN=Cc1cc(S)cc(S)c1[O-].[Co+2]. The van der Waals surface area contributed by atoms with Gasteiger partial charge in [-0.25, -0.2) is 0 Å². The van der Waals surface area contributed by atoms with E-state index >= 15 is 0 Å². The topological polar surface area (TPSA) is 77.3 Å². The first-order valence-corrected chi connectivity index (χ1v) is 12.5. The molecule has 35 heavy (non-hydrogen) atoms. The molecular weight excluding hydrogens is 563 g/mol. The molecule has 0 saturated heterocycles. The number of hydrogen-bond donors (Lipinski definition) is 4. The Bertz CT molecular complexity index is 896. The van der Waals surface area contributed by atoms with Gasteiger partial charge in [-0.1, -0.05) is 11.5 Å². The summed E-state index contributed by atoms with van der Waals surface area (Å²) in [7, 11) is 8.10. The van der Waals surface area contributed by atoms with Crippen molar-refractivity contribution in [3.05, 3.63) is 35.4 Å². The van der Waals surface area contributed by atoms with Crippen LogP contribution in [0.1, 0.15) is 24.0 Å². The molecule has 1 radical (unpaired) electrons. The summed E-state index contributed by atoms with van der Waals surface area (Å²) < 4.78 is 0. The molecule has 195 valence electrons. The van der Waals surface area contributed by atoms with Crippen molar-refractivity contribution in [3.8, 4) is 11.5 Å². The Balaban J connectivity index is 0.000000642. The van der Waals surface area contributed by atoms with Crippen LogP contribution in [0.2, 0.25) is 0 Å². The summed E-state index contributed by atoms with van der Waals surface area (Å²) in [6.07, 6.45) is 5.17. The van der Waals surface area contributed by atoms with Gasteiger partial charge < -0.3 is 20.0 Å². The second-order valence-corrected chi connectivity index (χ2v) is 10.1. The van der Waals surface area contributed by atoms with E-state index in [-0.39, 0.29) is 28.3 Å². The molecule has 0 amide bonds. The van der Waals surface area contributed by atoms with E-state index in [4.69, 9.17) is 0 Å². The number of benzene rings is 2. The van der Waals surface area contributed by atoms with Crippen LogP contribution in [0.4, 0.5) is 0 Å². The van der Waals surface area contributed by atoms with Crippen molar-refractivity contribution in [1.82, 2.24) is 9.80 Å². The zero-order chi connectivity index (χ0) is 25.7. The van der Waals surface area contributed by atoms with Crippen molar-refractivity contribution in [2.45, 2.75) is 32.4 Å². The summed E-state index contributed by atoms with van der Waals surface area (Å²) in [4.78, 5) is 15.0. The van der Waals surface area contributed by atoms with Crippen LogP contribution >= 0.6 is 50.5 Å². The van der Waals surface area contributed by atoms with Crippen LogP contribution in [0.15, 0.2) is 53.8 Å². The largest absolute Gasteiger partial charge is 2.00 e. The van der Waals surface area contributed by atoms with Gasteiger partial charge in [0.1, 0.15) is 0 Å². The van der Waals surface area contributed by atoms with Crippen LogP contribution in [-0.2, 0) is 16.8 Å². The van der Waals surface area contributed by atoms with Gasteiger partial charge in [0.15, 0.2) is 0 Å². The minimum absolute atomic E-state index is 0. The van der Waals surface area contributed by atoms with Crippen molar-refractivity contribution in [2.75, 3.05) is 54.4 Å². The molecule has 2 rings (SSSR count). The first kappa shape index (κ1) is 34.2. The molecule has 0 unspecified atom stereocenters. The maximum Gasteiger partial charge on any atom is 2.00 e. The Morgan fingerprint density at radius 2 is 1.03 bits per heavy atom. The van der Waals surface area contributed by atoms with E-state index in [1.165, 1.54) is 0 Å². The average molecular weight is 598 g/mol. The number of nitrogens with zero attached hydrogens (tertiary/aromatic N) is 4. The van der Waals surface area contributed by atoms with Crippen LogP contribution in [0, 0.1) is 0 Å². The molecule has 0 N–H and O–H groups in total. The van der Waals surface area contributed by atoms with Gasteiger partial charge in [-0.2, -0.15) is 0 Å². The molecule has 0 bridgehead atoms. The fourth-order valence-corrected chi connectivity index (χ4v) is 3.99. The zero-order valence-corrected chi connectivity index (χ0v) is 25.1. The molecule has 0 heterocycles. The number of hydrogen-bond acceptors (Lipinski definition) is 10. The summed E-state index contributed by atoms with van der Waals surface area (Å²) in [5.41, 5.74) is 1.10. The second-order valence-electron chi connectivity index (χ2n) is 8.15. The van der Waals surface area contributed by atoms with E-state index in [2.05, 4.69) is 70.3 Å². The maximum absolute atomic E-state index is 11.7. The van der Waals surface area contributed by atoms with Crippen molar-refractivity contribution < 1.29 is 27.0 Å². The van der Waals surface area contributed by atoms with Gasteiger partial charge in [-0.3, -0.25) is 9.98 Å². The Morgan fingerprint density at radius 3 is 1.34 bits per heavy atom. The monoisotopic (exact) mass is 597 g/mol. The first-order valence-electron chi connectivity index (χ1n) is 10.8. The minimum Gasteiger partial charge on any atom is -0.871 e. The quantitative estimate of drug-likeness (QED) is 0.192. The molecule has 0 aliphatic carbocycles. The Hall–Kier alpha value is -0.794. The smallest absolute Gasteiger partial charge is 0.871 e. The van der Waals surface area contributed by atoms with Gasteiger partial charge in [0.2, 0.25) is 0 Å². The molecule has 0 aliphatic heterocycles. The summed E-state index contributed by atoms with van der Waals surface area (Å²) in [5, 5.41) is 23.4. The van der Waals surface area contributed by atoms with Crippen LogP contribution in [-0.4, -0.2) is 76.6 Å². The standard InChI is InChI=1S/2C12H18N2OS2.Co/c2*1-14(2)5-3-4-13-8-9-6-10(16)7-11(17)12(9)15;/h2*6-8,15-17H,3-5H2,1-2H3;/q;;+2/p-2. The molecule has 0 atom stereocenters. The summed E-state index contributed by atoms with van der Waals surface area (Å²) in [6.45, 7) is 3.42. The zero-order valence-electron chi connectivity index (χ0n) is 20.4. The third-order valence-corrected chi connectivity index (χ3v) is 5.59. The molecule has 11 heteroatoms. The first-order chi connectivity index (χ1) is 16.0. The van der Waals surface area contributed by atoms with Gasteiger partial charge in [0.25, 0.3) is 0 Å². The molecule has 0 saturated carbocycles. The van der Waals surface area contributed by atoms with Crippen molar-refractivity contribution >= 4 is 62.9 Å². The molecule has 2 aromatic rings. The third kappa shape index (κ3) is 14.5. The van der Waals surface area contributed by atoms with E-state index in [0.29, 0.717) is 20.9 Å². The van der Waals surface area contributed by atoms with Crippen LogP contribution in [0.5, 0.6) is 11.5 Å². The van der Waals surface area contributed by atoms with E-state index < -0.39 is 0 Å². The minimum atomic E-state index is -0.0949. The predicted molar refractivity (Wildman–Crippen MR) is 152 cm³/mol. The Morgan fingerprint density at radius 1 is 0.686 bits per heavy atom.